The summed E-state index contributed by atoms with van der Waals surface area (Å²) in [7, 11) is 0. The van der Waals surface area contributed by atoms with Gasteiger partial charge in [0.05, 0.1) is 6.54 Å². The molecule has 148 valence electrons. The number of rotatable bonds is 8. The first-order valence-corrected chi connectivity index (χ1v) is 9.67. The highest BCUT2D eigenvalue weighted by atomic mass is 16.2. The third kappa shape index (κ3) is 5.94. The molecule has 0 aromatic heterocycles. The Morgan fingerprint density at radius 1 is 0.828 bits per heavy atom. The molecule has 0 aliphatic heterocycles. The largest absolute Gasteiger partial charge is 0.362 e. The van der Waals surface area contributed by atoms with Crippen LogP contribution in [0.5, 0.6) is 0 Å². The van der Waals surface area contributed by atoms with Crippen LogP contribution in [0.1, 0.15) is 22.8 Å². The van der Waals surface area contributed by atoms with Gasteiger partial charge in [-0.2, -0.15) is 0 Å². The van der Waals surface area contributed by atoms with Crippen molar-refractivity contribution in [2.45, 2.75) is 13.5 Å². The standard InChI is InChI=1S/C24H25N3O2/c1-2-27(22-11-7-4-8-12-22)18-23(28)26-21-15-13-20(14-16-21)24(29)25-17-19-9-5-3-6-10-19/h3-16H,2,17-18H2,1H3,(H,25,29)(H,26,28). The lowest BCUT2D eigenvalue weighted by atomic mass is 10.1. The van der Waals surface area contributed by atoms with Crippen LogP contribution in [0, 0.1) is 0 Å². The number of anilines is 2. The minimum absolute atomic E-state index is 0.100. The van der Waals surface area contributed by atoms with Crippen LogP contribution in [0.4, 0.5) is 11.4 Å². The highest BCUT2D eigenvalue weighted by molar-refractivity contribution is 5.96. The molecule has 2 N–H and O–H groups in total. The average Bonchev–Trinajstić information content (AvgIpc) is 2.77. The van der Waals surface area contributed by atoms with Crippen molar-refractivity contribution in [2.24, 2.45) is 0 Å². The minimum Gasteiger partial charge on any atom is -0.362 e. The molecule has 0 aliphatic carbocycles. The molecule has 29 heavy (non-hydrogen) atoms. The van der Waals surface area contributed by atoms with Gasteiger partial charge < -0.3 is 15.5 Å². The van der Waals surface area contributed by atoms with Gasteiger partial charge in [-0.3, -0.25) is 9.59 Å². The third-order valence-corrected chi connectivity index (χ3v) is 4.56. The lowest BCUT2D eigenvalue weighted by Crippen LogP contribution is -2.33. The van der Waals surface area contributed by atoms with Gasteiger partial charge in [-0.15, -0.1) is 0 Å². The van der Waals surface area contributed by atoms with E-state index in [2.05, 4.69) is 10.6 Å². The monoisotopic (exact) mass is 387 g/mol. The Morgan fingerprint density at radius 3 is 2.07 bits per heavy atom. The Labute approximate surface area is 171 Å². The zero-order valence-corrected chi connectivity index (χ0v) is 16.5. The molecule has 0 fully saturated rings. The molecule has 2 amide bonds. The number of hydrogen-bond donors (Lipinski definition) is 2. The number of para-hydroxylation sites is 1. The minimum atomic E-state index is -0.145. The van der Waals surface area contributed by atoms with Gasteiger partial charge in [0.2, 0.25) is 5.91 Å². The normalized spacial score (nSPS) is 10.2. The summed E-state index contributed by atoms with van der Waals surface area (Å²) >= 11 is 0. The van der Waals surface area contributed by atoms with Crippen molar-refractivity contribution in [2.75, 3.05) is 23.3 Å². The van der Waals surface area contributed by atoms with Crippen LogP contribution in [0.2, 0.25) is 0 Å². The SMILES string of the molecule is CCN(CC(=O)Nc1ccc(C(=O)NCc2ccccc2)cc1)c1ccccc1. The number of benzene rings is 3. The van der Waals surface area contributed by atoms with Crippen molar-refractivity contribution in [3.63, 3.8) is 0 Å². The highest BCUT2D eigenvalue weighted by Crippen LogP contribution is 2.14. The van der Waals surface area contributed by atoms with Crippen LogP contribution in [-0.2, 0) is 11.3 Å². The number of hydrogen-bond acceptors (Lipinski definition) is 3. The van der Waals surface area contributed by atoms with E-state index < -0.39 is 0 Å². The Morgan fingerprint density at radius 2 is 1.45 bits per heavy atom. The van der Waals surface area contributed by atoms with Crippen molar-refractivity contribution < 1.29 is 9.59 Å². The molecular formula is C24H25N3O2. The zero-order valence-electron chi connectivity index (χ0n) is 16.5. The van der Waals surface area contributed by atoms with E-state index in [1.807, 2.05) is 72.5 Å². The number of carbonyl (C=O) groups excluding carboxylic acids is 2. The molecule has 0 unspecified atom stereocenters. The molecule has 0 aliphatic rings. The van der Waals surface area contributed by atoms with E-state index in [-0.39, 0.29) is 18.4 Å². The van der Waals surface area contributed by atoms with E-state index in [1.165, 1.54) is 0 Å². The van der Waals surface area contributed by atoms with Crippen molar-refractivity contribution in [1.82, 2.24) is 5.32 Å². The second kappa shape index (κ2) is 10.1. The second-order valence-electron chi connectivity index (χ2n) is 6.64. The van der Waals surface area contributed by atoms with Gasteiger partial charge in [0, 0.05) is 30.0 Å². The molecule has 3 aromatic carbocycles. The predicted octanol–water partition coefficient (Wildman–Crippen LogP) is 4.08. The van der Waals surface area contributed by atoms with Gasteiger partial charge in [0.15, 0.2) is 0 Å². The van der Waals surface area contributed by atoms with E-state index >= 15 is 0 Å². The summed E-state index contributed by atoms with van der Waals surface area (Å²) in [5, 5.41) is 5.78. The first kappa shape index (κ1) is 20.1. The maximum Gasteiger partial charge on any atom is 0.251 e. The maximum atomic E-state index is 12.4. The molecule has 3 rings (SSSR count). The number of amides is 2. The summed E-state index contributed by atoms with van der Waals surface area (Å²) in [6.07, 6.45) is 0. The van der Waals surface area contributed by atoms with Gasteiger partial charge >= 0.3 is 0 Å². The molecule has 0 spiro atoms. The smallest absolute Gasteiger partial charge is 0.251 e. The van der Waals surface area contributed by atoms with Crippen LogP contribution in [0.25, 0.3) is 0 Å². The summed E-state index contributed by atoms with van der Waals surface area (Å²) < 4.78 is 0. The Balaban J connectivity index is 1.53. The fourth-order valence-corrected chi connectivity index (χ4v) is 2.98. The van der Waals surface area contributed by atoms with Gasteiger partial charge in [-0.1, -0.05) is 48.5 Å². The molecule has 0 bridgehead atoms. The second-order valence-corrected chi connectivity index (χ2v) is 6.64. The number of nitrogens with zero attached hydrogens (tertiary/aromatic N) is 1. The fourth-order valence-electron chi connectivity index (χ4n) is 2.98. The molecule has 0 heterocycles. The summed E-state index contributed by atoms with van der Waals surface area (Å²) in [6, 6.07) is 26.5. The van der Waals surface area contributed by atoms with Crippen LogP contribution >= 0.6 is 0 Å². The van der Waals surface area contributed by atoms with Crippen LogP contribution in [-0.4, -0.2) is 24.9 Å². The summed E-state index contributed by atoms with van der Waals surface area (Å²) in [4.78, 5) is 26.7. The molecular weight excluding hydrogens is 362 g/mol. The summed E-state index contributed by atoms with van der Waals surface area (Å²) in [5.74, 6) is -0.245. The quantitative estimate of drug-likeness (QED) is 0.612. The lowest BCUT2D eigenvalue weighted by Gasteiger charge is -2.22. The van der Waals surface area contributed by atoms with Crippen molar-refractivity contribution in [3.05, 3.63) is 96.1 Å². The molecule has 3 aromatic rings. The van der Waals surface area contributed by atoms with Gasteiger partial charge in [0.25, 0.3) is 5.91 Å². The number of nitrogens with one attached hydrogen (secondary N) is 2. The number of likely N-dealkylation sites (N-methyl/N-ethyl adjacent to an activating group) is 1. The molecule has 5 heteroatoms. The van der Waals surface area contributed by atoms with E-state index in [9.17, 15) is 9.59 Å². The highest BCUT2D eigenvalue weighted by Gasteiger charge is 2.11. The Kier molecular flexibility index (Phi) is 7.00. The van der Waals surface area contributed by atoms with Gasteiger partial charge in [0.1, 0.15) is 0 Å². The third-order valence-electron chi connectivity index (χ3n) is 4.56. The Hall–Kier alpha value is -3.60. The van der Waals surface area contributed by atoms with E-state index in [0.717, 1.165) is 17.8 Å². The first-order valence-electron chi connectivity index (χ1n) is 9.67. The molecule has 0 atom stereocenters. The lowest BCUT2D eigenvalue weighted by molar-refractivity contribution is -0.115. The van der Waals surface area contributed by atoms with E-state index in [0.29, 0.717) is 17.8 Å². The fraction of sp³-hybridized carbons (Fsp3) is 0.167. The van der Waals surface area contributed by atoms with Crippen molar-refractivity contribution >= 4 is 23.2 Å². The van der Waals surface area contributed by atoms with Crippen LogP contribution in [0.3, 0.4) is 0 Å². The van der Waals surface area contributed by atoms with Crippen molar-refractivity contribution in [3.8, 4) is 0 Å². The predicted molar refractivity (Wildman–Crippen MR) is 117 cm³/mol. The topological polar surface area (TPSA) is 61.4 Å². The van der Waals surface area contributed by atoms with Gasteiger partial charge in [-0.25, -0.2) is 0 Å². The van der Waals surface area contributed by atoms with Crippen LogP contribution in [0.15, 0.2) is 84.9 Å². The van der Waals surface area contributed by atoms with E-state index in [4.69, 9.17) is 0 Å². The van der Waals surface area contributed by atoms with Crippen LogP contribution < -0.4 is 15.5 Å². The van der Waals surface area contributed by atoms with Gasteiger partial charge in [-0.05, 0) is 48.9 Å². The number of carbonyl (C=O) groups is 2. The molecule has 0 saturated carbocycles. The van der Waals surface area contributed by atoms with E-state index in [1.54, 1.807) is 24.3 Å². The first-order chi connectivity index (χ1) is 14.2. The molecule has 5 nitrogen and oxygen atoms in total. The summed E-state index contributed by atoms with van der Waals surface area (Å²) in [6.45, 7) is 3.49. The Bertz CT molecular complexity index is 925. The molecule has 0 saturated heterocycles. The maximum absolute atomic E-state index is 12.4. The molecule has 0 radical (unpaired) electrons. The zero-order chi connectivity index (χ0) is 20.5. The average molecular weight is 387 g/mol. The van der Waals surface area contributed by atoms with Crippen molar-refractivity contribution in [1.29, 1.82) is 0 Å². The summed E-state index contributed by atoms with van der Waals surface area (Å²) in [5.41, 5.74) is 3.27.